The van der Waals surface area contributed by atoms with Gasteiger partial charge in [-0.15, -0.1) is 0 Å². The maximum Gasteiger partial charge on any atom is 0.328 e. The van der Waals surface area contributed by atoms with Crippen LogP contribution in [0, 0.1) is 5.92 Å². The quantitative estimate of drug-likeness (QED) is 0.136. The molecule has 4 amide bonds. The van der Waals surface area contributed by atoms with Crippen molar-refractivity contribution in [2.75, 3.05) is 6.61 Å². The first-order chi connectivity index (χ1) is 15.5. The lowest BCUT2D eigenvalue weighted by Gasteiger charge is -2.25. The van der Waals surface area contributed by atoms with Crippen LogP contribution < -0.4 is 27.4 Å². The number of carboxylic acids is 1. The van der Waals surface area contributed by atoms with Gasteiger partial charge in [0.1, 0.15) is 18.1 Å². The summed E-state index contributed by atoms with van der Waals surface area (Å²) in [6, 6.07) is -5.30. The molecule has 1 aromatic heterocycles. The third-order valence-corrected chi connectivity index (χ3v) is 5.01. The van der Waals surface area contributed by atoms with Crippen LogP contribution in [0.1, 0.15) is 32.4 Å². The maximum absolute atomic E-state index is 13.0. The van der Waals surface area contributed by atoms with Gasteiger partial charge in [0.05, 0.1) is 25.4 Å². The lowest BCUT2D eigenvalue weighted by molar-refractivity contribution is -0.143. The van der Waals surface area contributed by atoms with E-state index in [0.29, 0.717) is 12.1 Å². The number of H-pyrrole nitrogens is 1. The molecule has 0 aliphatic heterocycles. The van der Waals surface area contributed by atoms with Gasteiger partial charge in [0.2, 0.25) is 23.6 Å². The molecule has 1 aromatic rings. The molecule has 0 spiro atoms. The highest BCUT2D eigenvalue weighted by Gasteiger charge is 2.32. The van der Waals surface area contributed by atoms with Crippen LogP contribution in [0.4, 0.5) is 0 Å². The Hall–Kier alpha value is -3.52. The molecule has 10 N–H and O–H groups in total. The number of aliphatic hydroxyl groups is 1. The van der Waals surface area contributed by atoms with Gasteiger partial charge < -0.3 is 42.6 Å². The molecule has 1 rings (SSSR count). The standard InChI is InChI=1S/C19H31N7O7/c1-3-9(2)15(21)18(31)25-11(4-10-6-22-8-23-10)16(29)24-12(5-14(20)28)17(30)26-13(7-27)19(32)33/h6,8-9,11-13,15,27H,3-5,7,21H2,1-2H3,(H2,20,28)(H,22,23)(H,24,29)(H,25,31)(H,26,30)(H,32,33). The van der Waals surface area contributed by atoms with Crippen molar-refractivity contribution < 1.29 is 34.2 Å². The van der Waals surface area contributed by atoms with E-state index in [4.69, 9.17) is 21.7 Å². The minimum atomic E-state index is -1.65. The summed E-state index contributed by atoms with van der Waals surface area (Å²) < 4.78 is 0. The van der Waals surface area contributed by atoms with Crippen molar-refractivity contribution in [3.63, 3.8) is 0 Å². The number of nitrogens with two attached hydrogens (primary N) is 2. The van der Waals surface area contributed by atoms with Gasteiger partial charge in [-0.05, 0) is 5.92 Å². The molecule has 0 aliphatic rings. The SMILES string of the molecule is CCC(C)C(N)C(=O)NC(Cc1cnc[nH]1)C(=O)NC(CC(N)=O)C(=O)NC(CO)C(=O)O. The Bertz CT molecular complexity index is 830. The van der Waals surface area contributed by atoms with Gasteiger partial charge in [0, 0.05) is 18.3 Å². The first kappa shape index (κ1) is 27.5. The Morgan fingerprint density at radius 3 is 2.12 bits per heavy atom. The molecule has 0 aromatic carbocycles. The van der Waals surface area contributed by atoms with E-state index in [0.717, 1.165) is 0 Å². The average molecular weight is 469 g/mol. The molecule has 5 atom stereocenters. The fraction of sp³-hybridized carbons (Fsp3) is 0.579. The topological polar surface area (TPSA) is 243 Å². The van der Waals surface area contributed by atoms with E-state index in [1.807, 2.05) is 12.2 Å². The number of aliphatic carboxylic acids is 1. The van der Waals surface area contributed by atoms with E-state index in [-0.39, 0.29) is 12.3 Å². The number of rotatable bonds is 14. The van der Waals surface area contributed by atoms with Gasteiger partial charge in [-0.2, -0.15) is 0 Å². The number of aromatic nitrogens is 2. The number of hydrogen-bond donors (Lipinski definition) is 8. The third-order valence-electron chi connectivity index (χ3n) is 5.01. The zero-order valence-electron chi connectivity index (χ0n) is 18.4. The molecule has 0 saturated heterocycles. The number of nitrogens with zero attached hydrogens (tertiary/aromatic N) is 1. The van der Waals surface area contributed by atoms with Crippen molar-refractivity contribution >= 4 is 29.6 Å². The second-order valence-electron chi connectivity index (χ2n) is 7.57. The van der Waals surface area contributed by atoms with E-state index in [1.165, 1.54) is 12.5 Å². The Labute approximate surface area is 189 Å². The van der Waals surface area contributed by atoms with E-state index in [1.54, 1.807) is 6.92 Å². The largest absolute Gasteiger partial charge is 0.480 e. The van der Waals surface area contributed by atoms with Crippen LogP contribution in [0.25, 0.3) is 0 Å². The minimum absolute atomic E-state index is 0.0376. The van der Waals surface area contributed by atoms with Crippen molar-refractivity contribution in [1.29, 1.82) is 0 Å². The second-order valence-corrected chi connectivity index (χ2v) is 7.57. The van der Waals surface area contributed by atoms with Crippen LogP contribution in [-0.2, 0) is 30.4 Å². The van der Waals surface area contributed by atoms with E-state index < -0.39 is 66.8 Å². The summed E-state index contributed by atoms with van der Waals surface area (Å²) in [6.07, 6.45) is 2.76. The first-order valence-corrected chi connectivity index (χ1v) is 10.3. The molecule has 0 aliphatic carbocycles. The van der Waals surface area contributed by atoms with Gasteiger partial charge >= 0.3 is 5.97 Å². The zero-order chi connectivity index (χ0) is 25.1. The van der Waals surface area contributed by atoms with Crippen LogP contribution in [0.15, 0.2) is 12.5 Å². The number of carboxylic acid groups (broad SMARTS) is 1. The highest BCUT2D eigenvalue weighted by Crippen LogP contribution is 2.07. The predicted molar refractivity (Wildman–Crippen MR) is 114 cm³/mol. The lowest BCUT2D eigenvalue weighted by atomic mass is 9.98. The number of carbonyl (C=O) groups is 5. The summed E-state index contributed by atoms with van der Waals surface area (Å²) in [6.45, 7) is 2.72. The summed E-state index contributed by atoms with van der Waals surface area (Å²) in [5.74, 6) is -5.11. The molecule has 0 bridgehead atoms. The molecule has 33 heavy (non-hydrogen) atoms. The first-order valence-electron chi connectivity index (χ1n) is 10.3. The van der Waals surface area contributed by atoms with Crippen LogP contribution >= 0.6 is 0 Å². The third kappa shape index (κ3) is 8.86. The fourth-order valence-electron chi connectivity index (χ4n) is 2.75. The minimum Gasteiger partial charge on any atom is -0.480 e. The van der Waals surface area contributed by atoms with Crippen LogP contribution in [0.2, 0.25) is 0 Å². The number of aromatic amines is 1. The monoisotopic (exact) mass is 469 g/mol. The van der Waals surface area contributed by atoms with Gasteiger partial charge in [-0.1, -0.05) is 20.3 Å². The van der Waals surface area contributed by atoms with Crippen LogP contribution in [-0.4, -0.2) is 80.6 Å². The van der Waals surface area contributed by atoms with Gasteiger partial charge in [-0.25, -0.2) is 9.78 Å². The number of nitrogens with one attached hydrogen (secondary N) is 4. The number of imidazole rings is 1. The molecular weight excluding hydrogens is 438 g/mol. The number of hydrogen-bond acceptors (Lipinski definition) is 8. The van der Waals surface area contributed by atoms with E-state index in [9.17, 15) is 24.0 Å². The lowest BCUT2D eigenvalue weighted by Crippen LogP contribution is -2.59. The van der Waals surface area contributed by atoms with Gasteiger partial charge in [0.25, 0.3) is 0 Å². The number of primary amides is 1. The average Bonchev–Trinajstić information content (AvgIpc) is 3.27. The Morgan fingerprint density at radius 1 is 1.06 bits per heavy atom. The summed E-state index contributed by atoms with van der Waals surface area (Å²) in [5.41, 5.74) is 11.6. The summed E-state index contributed by atoms with van der Waals surface area (Å²) in [5, 5.41) is 24.9. The van der Waals surface area contributed by atoms with Crippen molar-refractivity contribution in [2.45, 2.75) is 57.3 Å². The Kier molecular flexibility index (Phi) is 10.9. The maximum atomic E-state index is 13.0. The highest BCUT2D eigenvalue weighted by molar-refractivity contribution is 5.96. The van der Waals surface area contributed by atoms with Crippen molar-refractivity contribution in [3.8, 4) is 0 Å². The molecule has 0 saturated carbocycles. The smallest absolute Gasteiger partial charge is 0.328 e. The highest BCUT2D eigenvalue weighted by atomic mass is 16.4. The van der Waals surface area contributed by atoms with Gasteiger partial charge in [-0.3, -0.25) is 19.2 Å². The molecule has 0 fully saturated rings. The molecular formula is C19H31N7O7. The number of aliphatic hydroxyl groups excluding tert-OH is 1. The van der Waals surface area contributed by atoms with Crippen LogP contribution in [0.3, 0.4) is 0 Å². The van der Waals surface area contributed by atoms with Crippen molar-refractivity contribution in [1.82, 2.24) is 25.9 Å². The molecule has 5 unspecified atom stereocenters. The molecule has 14 heteroatoms. The normalized spacial score (nSPS) is 15.4. The summed E-state index contributed by atoms with van der Waals surface area (Å²) >= 11 is 0. The second kappa shape index (κ2) is 13.1. The van der Waals surface area contributed by atoms with Crippen molar-refractivity contribution in [2.24, 2.45) is 17.4 Å². The van der Waals surface area contributed by atoms with Crippen LogP contribution in [0.5, 0.6) is 0 Å². The Morgan fingerprint density at radius 2 is 1.64 bits per heavy atom. The Balaban J connectivity index is 3.05. The summed E-state index contributed by atoms with van der Waals surface area (Å²) in [7, 11) is 0. The van der Waals surface area contributed by atoms with Gasteiger partial charge in [0.15, 0.2) is 0 Å². The fourth-order valence-corrected chi connectivity index (χ4v) is 2.75. The number of carbonyl (C=O) groups excluding carboxylic acids is 4. The number of amides is 4. The predicted octanol–water partition coefficient (Wildman–Crippen LogP) is -3.27. The van der Waals surface area contributed by atoms with Crippen molar-refractivity contribution in [3.05, 3.63) is 18.2 Å². The molecule has 0 radical (unpaired) electrons. The summed E-state index contributed by atoms with van der Waals surface area (Å²) in [4.78, 5) is 67.1. The molecule has 14 nitrogen and oxygen atoms in total. The molecule has 1 heterocycles. The van der Waals surface area contributed by atoms with E-state index in [2.05, 4.69) is 20.6 Å². The molecule has 184 valence electrons. The zero-order valence-corrected chi connectivity index (χ0v) is 18.4. The van der Waals surface area contributed by atoms with E-state index >= 15 is 0 Å².